The molecule has 2 rings (SSSR count). The molecule has 7 heteroatoms. The molecule has 27 heavy (non-hydrogen) atoms. The number of ether oxygens (including phenoxy) is 2. The molecule has 0 saturated carbocycles. The van der Waals surface area contributed by atoms with E-state index in [4.69, 9.17) is 9.47 Å². The van der Waals surface area contributed by atoms with Crippen molar-refractivity contribution in [3.8, 4) is 5.75 Å². The Hall–Kier alpha value is -1.06. The molecule has 154 valence electrons. The van der Waals surface area contributed by atoms with Crippen LogP contribution in [0.25, 0.3) is 0 Å². The zero-order valence-corrected chi connectivity index (χ0v) is 19.0. The van der Waals surface area contributed by atoms with Gasteiger partial charge in [0.05, 0.1) is 19.8 Å². The second-order valence-corrected chi connectivity index (χ2v) is 6.51. The average molecular weight is 490 g/mol. The van der Waals surface area contributed by atoms with Crippen molar-refractivity contribution in [3.63, 3.8) is 0 Å². The van der Waals surface area contributed by atoms with Crippen LogP contribution in [-0.2, 0) is 4.74 Å². The topological polar surface area (TPSA) is 58.1 Å². The van der Waals surface area contributed by atoms with Crippen molar-refractivity contribution >= 4 is 29.9 Å². The molecule has 1 aromatic rings. The molecule has 1 aliphatic heterocycles. The first-order valence-corrected chi connectivity index (χ1v) is 9.79. The first-order chi connectivity index (χ1) is 12.8. The van der Waals surface area contributed by atoms with Crippen molar-refractivity contribution < 1.29 is 9.47 Å². The second-order valence-electron chi connectivity index (χ2n) is 6.51. The molecule has 0 spiro atoms. The van der Waals surface area contributed by atoms with Crippen LogP contribution in [0.3, 0.4) is 0 Å². The highest BCUT2D eigenvalue weighted by Gasteiger charge is 2.08. The number of halogens is 1. The lowest BCUT2D eigenvalue weighted by atomic mass is 10.2. The smallest absolute Gasteiger partial charge is 0.191 e. The Labute approximate surface area is 181 Å². The van der Waals surface area contributed by atoms with Crippen LogP contribution in [0, 0.1) is 6.92 Å². The predicted octanol–water partition coefficient (Wildman–Crippen LogP) is 2.66. The zero-order valence-electron chi connectivity index (χ0n) is 16.7. The minimum Gasteiger partial charge on any atom is -0.492 e. The standard InChI is InChI=1S/C20H34N4O2.HI/c1-3-21-20(22-10-4-5-12-24-13-16-25-17-14-24)23-11-15-26-19-8-6-18(2)7-9-19;/h6-9H,3-5,10-17H2,1-2H3,(H2,21,22,23);1H. The number of unbranched alkanes of at least 4 members (excludes halogenated alkanes) is 1. The lowest BCUT2D eigenvalue weighted by Gasteiger charge is -2.26. The van der Waals surface area contributed by atoms with Crippen molar-refractivity contribution in [1.29, 1.82) is 0 Å². The van der Waals surface area contributed by atoms with Crippen LogP contribution in [0.15, 0.2) is 29.3 Å². The lowest BCUT2D eigenvalue weighted by molar-refractivity contribution is 0.0373. The molecule has 0 unspecified atom stereocenters. The van der Waals surface area contributed by atoms with Crippen LogP contribution in [0.4, 0.5) is 0 Å². The van der Waals surface area contributed by atoms with Crippen molar-refractivity contribution in [1.82, 2.24) is 15.5 Å². The minimum absolute atomic E-state index is 0. The molecule has 0 radical (unpaired) electrons. The summed E-state index contributed by atoms with van der Waals surface area (Å²) in [6, 6.07) is 8.13. The molecule has 1 aliphatic rings. The Morgan fingerprint density at radius 1 is 1.15 bits per heavy atom. The normalized spacial score (nSPS) is 15.1. The van der Waals surface area contributed by atoms with E-state index in [1.54, 1.807) is 0 Å². The summed E-state index contributed by atoms with van der Waals surface area (Å²) in [5, 5.41) is 6.61. The predicted molar refractivity (Wildman–Crippen MR) is 123 cm³/mol. The Morgan fingerprint density at radius 2 is 1.89 bits per heavy atom. The molecule has 0 bridgehead atoms. The lowest BCUT2D eigenvalue weighted by Crippen LogP contribution is -2.39. The number of rotatable bonds is 10. The quantitative estimate of drug-likeness (QED) is 0.229. The van der Waals surface area contributed by atoms with E-state index in [0.717, 1.165) is 70.6 Å². The fourth-order valence-electron chi connectivity index (χ4n) is 2.78. The Balaban J connectivity index is 0.00000364. The molecule has 6 nitrogen and oxygen atoms in total. The summed E-state index contributed by atoms with van der Waals surface area (Å²) in [6.45, 7) is 12.2. The van der Waals surface area contributed by atoms with E-state index in [1.165, 1.54) is 12.0 Å². The maximum Gasteiger partial charge on any atom is 0.191 e. The Bertz CT molecular complexity index is 519. The minimum atomic E-state index is 0. The van der Waals surface area contributed by atoms with Gasteiger partial charge in [0.15, 0.2) is 5.96 Å². The highest BCUT2D eigenvalue weighted by molar-refractivity contribution is 14.0. The van der Waals surface area contributed by atoms with Crippen molar-refractivity contribution in [2.24, 2.45) is 4.99 Å². The number of nitrogens with one attached hydrogen (secondary N) is 2. The fourth-order valence-corrected chi connectivity index (χ4v) is 2.78. The van der Waals surface area contributed by atoms with Gasteiger partial charge in [-0.1, -0.05) is 17.7 Å². The molecular weight excluding hydrogens is 455 g/mol. The third-order valence-electron chi connectivity index (χ3n) is 4.28. The van der Waals surface area contributed by atoms with E-state index in [1.807, 2.05) is 12.1 Å². The first-order valence-electron chi connectivity index (χ1n) is 9.79. The summed E-state index contributed by atoms with van der Waals surface area (Å²) in [7, 11) is 0. The third-order valence-corrected chi connectivity index (χ3v) is 4.28. The highest BCUT2D eigenvalue weighted by Crippen LogP contribution is 2.10. The summed E-state index contributed by atoms with van der Waals surface area (Å²) in [4.78, 5) is 7.12. The number of benzene rings is 1. The van der Waals surface area contributed by atoms with E-state index in [2.05, 4.69) is 46.5 Å². The summed E-state index contributed by atoms with van der Waals surface area (Å²) >= 11 is 0. The monoisotopic (exact) mass is 490 g/mol. The van der Waals surface area contributed by atoms with Crippen LogP contribution in [-0.4, -0.2) is 69.9 Å². The largest absolute Gasteiger partial charge is 0.492 e. The molecule has 1 fully saturated rings. The van der Waals surface area contributed by atoms with Gasteiger partial charge < -0.3 is 20.1 Å². The second kappa shape index (κ2) is 14.9. The molecule has 2 N–H and O–H groups in total. The summed E-state index contributed by atoms with van der Waals surface area (Å²) in [5.74, 6) is 1.77. The van der Waals surface area contributed by atoms with Crippen LogP contribution >= 0.6 is 24.0 Å². The van der Waals surface area contributed by atoms with Crippen LogP contribution in [0.5, 0.6) is 5.75 Å². The van der Waals surface area contributed by atoms with Gasteiger partial charge in [-0.2, -0.15) is 0 Å². The van der Waals surface area contributed by atoms with Crippen LogP contribution < -0.4 is 15.4 Å². The first kappa shape index (κ1) is 24.0. The highest BCUT2D eigenvalue weighted by atomic mass is 127. The maximum absolute atomic E-state index is 5.74. The molecular formula is C20H35IN4O2. The van der Waals surface area contributed by atoms with Gasteiger partial charge in [0.1, 0.15) is 12.4 Å². The number of nitrogens with zero attached hydrogens (tertiary/aromatic N) is 2. The summed E-state index contributed by atoms with van der Waals surface area (Å²) in [5.41, 5.74) is 1.24. The van der Waals surface area contributed by atoms with Crippen LogP contribution in [0.2, 0.25) is 0 Å². The van der Waals surface area contributed by atoms with Gasteiger partial charge in [0, 0.05) is 26.2 Å². The zero-order chi connectivity index (χ0) is 18.5. The molecule has 1 saturated heterocycles. The van der Waals surface area contributed by atoms with Gasteiger partial charge in [0.25, 0.3) is 0 Å². The van der Waals surface area contributed by atoms with Crippen molar-refractivity contribution in [2.75, 3.05) is 59.1 Å². The van der Waals surface area contributed by atoms with E-state index in [0.29, 0.717) is 6.61 Å². The fraction of sp³-hybridized carbons (Fsp3) is 0.650. The van der Waals surface area contributed by atoms with E-state index < -0.39 is 0 Å². The van der Waals surface area contributed by atoms with E-state index in [9.17, 15) is 0 Å². The number of aliphatic imine (C=N–C) groups is 1. The summed E-state index contributed by atoms with van der Waals surface area (Å²) < 4.78 is 11.1. The molecule has 0 atom stereocenters. The Kier molecular flexibility index (Phi) is 13.3. The molecule has 0 amide bonds. The van der Waals surface area contributed by atoms with Crippen LogP contribution in [0.1, 0.15) is 25.3 Å². The van der Waals surface area contributed by atoms with E-state index >= 15 is 0 Å². The molecule has 1 aromatic carbocycles. The third kappa shape index (κ3) is 10.8. The number of guanidine groups is 1. The van der Waals surface area contributed by atoms with Gasteiger partial charge >= 0.3 is 0 Å². The van der Waals surface area contributed by atoms with Gasteiger partial charge in [0.2, 0.25) is 0 Å². The van der Waals surface area contributed by atoms with Crippen molar-refractivity contribution in [3.05, 3.63) is 29.8 Å². The molecule has 0 aromatic heterocycles. The maximum atomic E-state index is 5.74. The average Bonchev–Trinajstić information content (AvgIpc) is 2.67. The van der Waals surface area contributed by atoms with Gasteiger partial charge in [-0.25, -0.2) is 0 Å². The molecule has 1 heterocycles. The SMILES string of the molecule is CCNC(=NCCCCN1CCOCC1)NCCOc1ccc(C)cc1.I. The number of aryl methyl sites for hydroxylation is 1. The number of morpholine rings is 1. The van der Waals surface area contributed by atoms with Gasteiger partial charge in [-0.3, -0.25) is 9.89 Å². The summed E-state index contributed by atoms with van der Waals surface area (Å²) in [6.07, 6.45) is 2.28. The van der Waals surface area contributed by atoms with Crippen molar-refractivity contribution in [2.45, 2.75) is 26.7 Å². The molecule has 0 aliphatic carbocycles. The van der Waals surface area contributed by atoms with Gasteiger partial charge in [-0.15, -0.1) is 24.0 Å². The van der Waals surface area contributed by atoms with E-state index in [-0.39, 0.29) is 24.0 Å². The Morgan fingerprint density at radius 3 is 2.59 bits per heavy atom. The van der Waals surface area contributed by atoms with Gasteiger partial charge in [-0.05, 0) is 45.4 Å². The number of hydrogen-bond donors (Lipinski definition) is 2. The number of hydrogen-bond acceptors (Lipinski definition) is 4.